The summed E-state index contributed by atoms with van der Waals surface area (Å²) in [7, 11) is 0. The van der Waals surface area contributed by atoms with E-state index in [1.165, 1.54) is 10.4 Å². The molecule has 0 N–H and O–H groups in total. The third-order valence-electron chi connectivity index (χ3n) is 4.08. The second-order valence-corrected chi connectivity index (χ2v) is 7.92. The van der Waals surface area contributed by atoms with Crippen LogP contribution in [0.1, 0.15) is 0 Å². The van der Waals surface area contributed by atoms with Gasteiger partial charge in [0.15, 0.2) is 5.13 Å². The highest BCUT2D eigenvalue weighted by molar-refractivity contribution is 9.10. The minimum absolute atomic E-state index is 0.785. The molecule has 23 heavy (non-hydrogen) atoms. The zero-order valence-electron chi connectivity index (χ0n) is 12.4. The highest BCUT2D eigenvalue weighted by atomic mass is 79.9. The quantitative estimate of drug-likeness (QED) is 0.592. The molecule has 0 spiro atoms. The van der Waals surface area contributed by atoms with Crippen molar-refractivity contribution in [3.05, 3.63) is 52.0 Å². The molecular formula is C17H15BrClN3S. The molecule has 0 unspecified atom stereocenters. The SMILES string of the molecule is Clc1ccc(N2CCN(c3nc4ccc(Br)cc4s3)CC2)cc1. The van der Waals surface area contributed by atoms with Gasteiger partial charge in [-0.3, -0.25) is 0 Å². The molecule has 3 aromatic rings. The lowest BCUT2D eigenvalue weighted by Gasteiger charge is -2.36. The number of benzene rings is 2. The predicted octanol–water partition coefficient (Wildman–Crippen LogP) is 5.04. The van der Waals surface area contributed by atoms with Crippen LogP contribution in [0.4, 0.5) is 10.8 Å². The van der Waals surface area contributed by atoms with Gasteiger partial charge in [-0.15, -0.1) is 0 Å². The topological polar surface area (TPSA) is 19.4 Å². The summed E-state index contributed by atoms with van der Waals surface area (Å²) in [6.07, 6.45) is 0. The van der Waals surface area contributed by atoms with Gasteiger partial charge in [-0.1, -0.05) is 38.9 Å². The van der Waals surface area contributed by atoms with Gasteiger partial charge in [0, 0.05) is 41.4 Å². The molecule has 1 aliphatic rings. The fourth-order valence-electron chi connectivity index (χ4n) is 2.83. The van der Waals surface area contributed by atoms with Crippen LogP contribution in [0.2, 0.25) is 5.02 Å². The summed E-state index contributed by atoms with van der Waals surface area (Å²) in [4.78, 5) is 9.55. The van der Waals surface area contributed by atoms with E-state index < -0.39 is 0 Å². The maximum atomic E-state index is 5.97. The van der Waals surface area contributed by atoms with Gasteiger partial charge in [0.05, 0.1) is 10.2 Å². The minimum Gasteiger partial charge on any atom is -0.368 e. The number of rotatable bonds is 2. The summed E-state index contributed by atoms with van der Waals surface area (Å²) in [5, 5.41) is 1.90. The van der Waals surface area contributed by atoms with Crippen molar-refractivity contribution in [1.82, 2.24) is 4.98 Å². The van der Waals surface area contributed by atoms with Crippen LogP contribution in [0.15, 0.2) is 46.9 Å². The average molecular weight is 409 g/mol. The summed E-state index contributed by atoms with van der Waals surface area (Å²) >= 11 is 11.3. The van der Waals surface area contributed by atoms with Crippen LogP contribution in [0.25, 0.3) is 10.2 Å². The molecule has 1 aromatic heterocycles. The third-order valence-corrected chi connectivity index (χ3v) is 5.91. The van der Waals surface area contributed by atoms with Crippen molar-refractivity contribution in [3.63, 3.8) is 0 Å². The van der Waals surface area contributed by atoms with Crippen LogP contribution in [-0.4, -0.2) is 31.2 Å². The van der Waals surface area contributed by atoms with Gasteiger partial charge < -0.3 is 9.80 Å². The Morgan fingerprint density at radius 2 is 1.65 bits per heavy atom. The molecule has 118 valence electrons. The van der Waals surface area contributed by atoms with E-state index in [0.717, 1.165) is 46.3 Å². The molecule has 6 heteroatoms. The standard InChI is InChI=1S/C17H15BrClN3S/c18-12-1-6-15-16(11-12)23-17(20-15)22-9-7-21(8-10-22)14-4-2-13(19)3-5-14/h1-6,11H,7-10H2. The summed E-state index contributed by atoms with van der Waals surface area (Å²) in [5.74, 6) is 0. The predicted molar refractivity (Wildman–Crippen MR) is 103 cm³/mol. The molecule has 0 saturated carbocycles. The molecule has 3 nitrogen and oxygen atoms in total. The molecule has 0 radical (unpaired) electrons. The van der Waals surface area contributed by atoms with E-state index in [1.54, 1.807) is 11.3 Å². The average Bonchev–Trinajstić information content (AvgIpc) is 2.99. The largest absolute Gasteiger partial charge is 0.368 e. The fraction of sp³-hybridized carbons (Fsp3) is 0.235. The molecular weight excluding hydrogens is 394 g/mol. The molecule has 1 saturated heterocycles. The molecule has 2 aromatic carbocycles. The Hall–Kier alpha value is -1.30. The van der Waals surface area contributed by atoms with Gasteiger partial charge in [0.1, 0.15) is 0 Å². The first kappa shape index (κ1) is 15.2. The van der Waals surface area contributed by atoms with Crippen molar-refractivity contribution in [2.45, 2.75) is 0 Å². The number of aromatic nitrogens is 1. The third kappa shape index (κ3) is 3.18. The van der Waals surface area contributed by atoms with E-state index in [0.29, 0.717) is 0 Å². The molecule has 4 rings (SSSR count). The summed E-state index contributed by atoms with van der Waals surface area (Å²) in [5.41, 5.74) is 2.32. The van der Waals surface area contributed by atoms with Crippen molar-refractivity contribution in [2.75, 3.05) is 36.0 Å². The van der Waals surface area contributed by atoms with E-state index in [1.807, 2.05) is 18.2 Å². The number of fused-ring (bicyclic) bond motifs is 1. The lowest BCUT2D eigenvalue weighted by molar-refractivity contribution is 0.652. The molecule has 0 aliphatic carbocycles. The fourth-order valence-corrected chi connectivity index (χ4v) is 4.52. The molecule has 0 bridgehead atoms. The van der Waals surface area contributed by atoms with Gasteiger partial charge in [0.25, 0.3) is 0 Å². The van der Waals surface area contributed by atoms with E-state index in [2.05, 4.69) is 50.0 Å². The van der Waals surface area contributed by atoms with Gasteiger partial charge in [-0.05, 0) is 42.5 Å². The van der Waals surface area contributed by atoms with Gasteiger partial charge in [-0.25, -0.2) is 4.98 Å². The van der Waals surface area contributed by atoms with E-state index in [4.69, 9.17) is 16.6 Å². The zero-order valence-corrected chi connectivity index (χ0v) is 15.5. The van der Waals surface area contributed by atoms with E-state index >= 15 is 0 Å². The number of nitrogens with zero attached hydrogens (tertiary/aromatic N) is 3. The number of anilines is 2. The van der Waals surface area contributed by atoms with Gasteiger partial charge in [0.2, 0.25) is 0 Å². The van der Waals surface area contributed by atoms with Crippen molar-refractivity contribution >= 4 is 59.9 Å². The summed E-state index contributed by atoms with van der Waals surface area (Å²) < 4.78 is 2.34. The number of piperazine rings is 1. The number of thiazole rings is 1. The van der Waals surface area contributed by atoms with Crippen LogP contribution in [-0.2, 0) is 0 Å². The first-order valence-electron chi connectivity index (χ1n) is 7.50. The van der Waals surface area contributed by atoms with Crippen LogP contribution < -0.4 is 9.80 Å². The molecule has 1 aliphatic heterocycles. The molecule has 2 heterocycles. The maximum Gasteiger partial charge on any atom is 0.186 e. The van der Waals surface area contributed by atoms with Crippen LogP contribution >= 0.6 is 38.9 Å². The molecule has 1 fully saturated rings. The number of halogens is 2. The van der Waals surface area contributed by atoms with E-state index in [9.17, 15) is 0 Å². The summed E-state index contributed by atoms with van der Waals surface area (Å²) in [6.45, 7) is 3.98. The highest BCUT2D eigenvalue weighted by Gasteiger charge is 2.20. The van der Waals surface area contributed by atoms with E-state index in [-0.39, 0.29) is 0 Å². The second-order valence-electron chi connectivity index (χ2n) is 5.56. The first-order valence-corrected chi connectivity index (χ1v) is 9.49. The maximum absolute atomic E-state index is 5.97. The lowest BCUT2D eigenvalue weighted by Crippen LogP contribution is -2.46. The number of hydrogen-bond acceptors (Lipinski definition) is 4. The molecule has 0 atom stereocenters. The normalized spacial score (nSPS) is 15.4. The van der Waals surface area contributed by atoms with Crippen LogP contribution in [0, 0.1) is 0 Å². The monoisotopic (exact) mass is 407 g/mol. The zero-order chi connectivity index (χ0) is 15.8. The van der Waals surface area contributed by atoms with Crippen LogP contribution in [0.3, 0.4) is 0 Å². The van der Waals surface area contributed by atoms with Crippen LogP contribution in [0.5, 0.6) is 0 Å². The highest BCUT2D eigenvalue weighted by Crippen LogP contribution is 2.31. The smallest absolute Gasteiger partial charge is 0.186 e. The van der Waals surface area contributed by atoms with Crippen molar-refractivity contribution in [1.29, 1.82) is 0 Å². The van der Waals surface area contributed by atoms with Gasteiger partial charge >= 0.3 is 0 Å². The van der Waals surface area contributed by atoms with Crippen molar-refractivity contribution in [2.24, 2.45) is 0 Å². The Bertz CT molecular complexity index is 825. The Labute approximate surface area is 152 Å². The second kappa shape index (κ2) is 6.30. The first-order chi connectivity index (χ1) is 11.2. The molecule has 0 amide bonds. The lowest BCUT2D eigenvalue weighted by atomic mass is 10.2. The Morgan fingerprint density at radius 3 is 2.39 bits per heavy atom. The Kier molecular flexibility index (Phi) is 4.18. The van der Waals surface area contributed by atoms with Crippen molar-refractivity contribution in [3.8, 4) is 0 Å². The Morgan fingerprint density at radius 1 is 0.957 bits per heavy atom. The van der Waals surface area contributed by atoms with Crippen molar-refractivity contribution < 1.29 is 0 Å². The number of hydrogen-bond donors (Lipinski definition) is 0. The van der Waals surface area contributed by atoms with Gasteiger partial charge in [-0.2, -0.15) is 0 Å². The summed E-state index contributed by atoms with van der Waals surface area (Å²) in [6, 6.07) is 14.3. The Balaban J connectivity index is 1.48. The minimum atomic E-state index is 0.785.